The molecule has 7 nitrogen and oxygen atoms in total. The molecular weight excluding hydrogens is 457 g/mol. The van der Waals surface area contributed by atoms with E-state index in [9.17, 15) is 18.0 Å². The number of alkyl halides is 1. The lowest BCUT2D eigenvalue weighted by Crippen LogP contribution is -2.57. The van der Waals surface area contributed by atoms with E-state index < -0.39 is 23.2 Å². The van der Waals surface area contributed by atoms with E-state index in [1.54, 1.807) is 17.0 Å². The number of nitrogens with one attached hydrogen (secondary N) is 1. The first-order valence-electron chi connectivity index (χ1n) is 11.4. The molecule has 182 valence electrons. The number of hydrogen-bond donors (Lipinski definition) is 1. The number of pyridine rings is 1. The monoisotopic (exact) mass is 482 g/mol. The highest BCUT2D eigenvalue weighted by molar-refractivity contribution is 5.79. The summed E-state index contributed by atoms with van der Waals surface area (Å²) >= 11 is 0. The van der Waals surface area contributed by atoms with Crippen molar-refractivity contribution in [3.05, 3.63) is 66.3 Å². The molecule has 0 unspecified atom stereocenters. The van der Waals surface area contributed by atoms with Crippen LogP contribution in [0.3, 0.4) is 0 Å². The standard InChI is InChI=1S/C25H25F3N6O/c1-33-12-19(13-33)34(15-35)18-4-5-21(27)20(7-18)16-10-30-24(31-11-16)32-14-25(8-17(26)9-25)23-22(28)3-2-6-29-23/h2-7,10-11,15,17,19H,8-9,12-14H2,1H3,(H,30,31,32). The highest BCUT2D eigenvalue weighted by Crippen LogP contribution is 2.45. The van der Waals surface area contributed by atoms with Gasteiger partial charge in [-0.05, 0) is 50.2 Å². The van der Waals surface area contributed by atoms with Crippen molar-refractivity contribution in [2.75, 3.05) is 36.9 Å². The number of rotatable bonds is 8. The summed E-state index contributed by atoms with van der Waals surface area (Å²) in [6.07, 6.45) is 4.53. The Morgan fingerprint density at radius 2 is 1.89 bits per heavy atom. The smallest absolute Gasteiger partial charge is 0.222 e. The summed E-state index contributed by atoms with van der Waals surface area (Å²) in [6.45, 7) is 1.72. The maximum Gasteiger partial charge on any atom is 0.222 e. The van der Waals surface area contributed by atoms with E-state index in [-0.39, 0.29) is 42.6 Å². The fourth-order valence-corrected chi connectivity index (χ4v) is 4.89. The number of anilines is 2. The van der Waals surface area contributed by atoms with E-state index in [0.717, 1.165) is 19.5 Å². The van der Waals surface area contributed by atoms with Gasteiger partial charge in [0.1, 0.15) is 17.8 Å². The van der Waals surface area contributed by atoms with Gasteiger partial charge in [-0.15, -0.1) is 0 Å². The lowest BCUT2D eigenvalue weighted by molar-refractivity contribution is -0.108. The molecule has 5 rings (SSSR count). The molecule has 0 bridgehead atoms. The molecule has 3 aromatic rings. The Morgan fingerprint density at radius 3 is 2.51 bits per heavy atom. The third-order valence-corrected chi connectivity index (χ3v) is 6.83. The molecule has 0 spiro atoms. The zero-order valence-electron chi connectivity index (χ0n) is 19.2. The molecule has 2 aliphatic rings. The van der Waals surface area contributed by atoms with Crippen molar-refractivity contribution >= 4 is 18.0 Å². The molecule has 1 aliphatic heterocycles. The maximum atomic E-state index is 14.6. The van der Waals surface area contributed by atoms with Crippen LogP contribution in [0, 0.1) is 11.6 Å². The first-order valence-corrected chi connectivity index (χ1v) is 11.4. The normalized spacial score (nSPS) is 22.2. The van der Waals surface area contributed by atoms with Crippen LogP contribution in [0.25, 0.3) is 11.1 Å². The average Bonchev–Trinajstić information content (AvgIpc) is 2.82. The second-order valence-electron chi connectivity index (χ2n) is 9.32. The number of benzene rings is 1. The van der Waals surface area contributed by atoms with E-state index in [1.807, 2.05) is 7.05 Å². The quantitative estimate of drug-likeness (QED) is 0.495. The first-order chi connectivity index (χ1) is 16.9. The van der Waals surface area contributed by atoms with E-state index in [1.165, 1.54) is 36.8 Å². The van der Waals surface area contributed by atoms with Crippen molar-refractivity contribution in [2.45, 2.75) is 30.5 Å². The largest absolute Gasteiger partial charge is 0.353 e. The molecule has 3 heterocycles. The van der Waals surface area contributed by atoms with Crippen LogP contribution in [0.5, 0.6) is 0 Å². The summed E-state index contributed by atoms with van der Waals surface area (Å²) in [5.41, 5.74) is 0.779. The SMILES string of the molecule is CN1CC(N(C=O)c2ccc(F)c(-c3cnc(NCC4(c5ncccc5F)CC(F)C4)nc3)c2)C1. The Kier molecular flexibility index (Phi) is 6.14. The minimum atomic E-state index is -1.01. The van der Waals surface area contributed by atoms with Crippen LogP contribution in [-0.2, 0) is 10.2 Å². The average molecular weight is 483 g/mol. The third-order valence-electron chi connectivity index (χ3n) is 6.83. The summed E-state index contributed by atoms with van der Waals surface area (Å²) in [5, 5.41) is 3.05. The van der Waals surface area contributed by atoms with E-state index >= 15 is 0 Å². The maximum absolute atomic E-state index is 14.6. The summed E-state index contributed by atoms with van der Waals surface area (Å²) in [5.74, 6) is -0.663. The molecule has 0 atom stereocenters. The number of halogens is 3. The second kappa shape index (κ2) is 9.26. The van der Waals surface area contributed by atoms with Gasteiger partial charge in [0.25, 0.3) is 0 Å². The van der Waals surface area contributed by atoms with Gasteiger partial charge >= 0.3 is 0 Å². The fraction of sp³-hybridized carbons (Fsp3) is 0.360. The summed E-state index contributed by atoms with van der Waals surface area (Å²) in [6, 6.07) is 7.38. The Balaban J connectivity index is 1.32. The van der Waals surface area contributed by atoms with Crippen molar-refractivity contribution in [3.8, 4) is 11.1 Å². The number of nitrogens with zero attached hydrogens (tertiary/aromatic N) is 5. The van der Waals surface area contributed by atoms with Gasteiger partial charge in [0.2, 0.25) is 12.4 Å². The van der Waals surface area contributed by atoms with Crippen LogP contribution >= 0.6 is 0 Å². The van der Waals surface area contributed by atoms with Crippen LogP contribution in [0.15, 0.2) is 48.9 Å². The molecule has 1 aromatic carbocycles. The Hall–Kier alpha value is -3.53. The Bertz CT molecular complexity index is 1210. The molecule has 1 aliphatic carbocycles. The van der Waals surface area contributed by atoms with Gasteiger partial charge in [0.05, 0.1) is 11.7 Å². The molecule has 2 fully saturated rings. The van der Waals surface area contributed by atoms with Crippen molar-refractivity contribution in [3.63, 3.8) is 0 Å². The lowest BCUT2D eigenvalue weighted by atomic mass is 9.65. The molecular formula is C25H25F3N6O. The van der Waals surface area contributed by atoms with Gasteiger partial charge in [-0.3, -0.25) is 9.78 Å². The van der Waals surface area contributed by atoms with Gasteiger partial charge in [-0.1, -0.05) is 0 Å². The van der Waals surface area contributed by atoms with Gasteiger partial charge in [-0.2, -0.15) is 0 Å². The predicted molar refractivity (Wildman–Crippen MR) is 126 cm³/mol. The second-order valence-corrected chi connectivity index (χ2v) is 9.32. The zero-order valence-corrected chi connectivity index (χ0v) is 19.2. The molecule has 1 N–H and O–H groups in total. The number of likely N-dealkylation sites (tertiary alicyclic amines) is 1. The van der Waals surface area contributed by atoms with E-state index in [4.69, 9.17) is 0 Å². The number of aromatic nitrogens is 3. The van der Waals surface area contributed by atoms with Crippen LogP contribution in [-0.4, -0.2) is 65.2 Å². The topological polar surface area (TPSA) is 74.2 Å². The molecule has 2 aromatic heterocycles. The van der Waals surface area contributed by atoms with Gasteiger partial charge in [0.15, 0.2) is 0 Å². The Labute approximate surface area is 201 Å². The van der Waals surface area contributed by atoms with Crippen LogP contribution < -0.4 is 10.2 Å². The highest BCUT2D eigenvalue weighted by Gasteiger charge is 2.48. The molecule has 1 saturated heterocycles. The van der Waals surface area contributed by atoms with Crippen molar-refractivity contribution in [2.24, 2.45) is 0 Å². The highest BCUT2D eigenvalue weighted by atomic mass is 19.1. The predicted octanol–water partition coefficient (Wildman–Crippen LogP) is 3.58. The third kappa shape index (κ3) is 4.45. The lowest BCUT2D eigenvalue weighted by Gasteiger charge is -2.43. The molecule has 1 amide bonds. The number of carbonyl (C=O) groups is 1. The van der Waals surface area contributed by atoms with Gasteiger partial charge < -0.3 is 15.1 Å². The van der Waals surface area contributed by atoms with Crippen LogP contribution in [0.1, 0.15) is 18.5 Å². The Morgan fingerprint density at radius 1 is 1.14 bits per heavy atom. The summed E-state index contributed by atoms with van der Waals surface area (Å²) in [4.78, 5) is 28.1. The van der Waals surface area contributed by atoms with Crippen molar-refractivity contribution in [1.29, 1.82) is 0 Å². The number of carbonyl (C=O) groups excluding carboxylic acids is 1. The molecule has 35 heavy (non-hydrogen) atoms. The number of likely N-dealkylation sites (N-methyl/N-ethyl adjacent to an activating group) is 1. The minimum absolute atomic E-state index is 0.0466. The van der Waals surface area contributed by atoms with Crippen molar-refractivity contribution < 1.29 is 18.0 Å². The summed E-state index contributed by atoms with van der Waals surface area (Å²) in [7, 11) is 1.97. The molecule has 10 heteroatoms. The molecule has 1 saturated carbocycles. The summed E-state index contributed by atoms with van der Waals surface area (Å²) < 4.78 is 42.8. The number of hydrogen-bond acceptors (Lipinski definition) is 6. The van der Waals surface area contributed by atoms with E-state index in [0.29, 0.717) is 11.3 Å². The first kappa shape index (κ1) is 23.2. The fourth-order valence-electron chi connectivity index (χ4n) is 4.89. The van der Waals surface area contributed by atoms with Crippen LogP contribution in [0.4, 0.5) is 24.8 Å². The zero-order chi connectivity index (χ0) is 24.6. The molecule has 0 radical (unpaired) electrons. The van der Waals surface area contributed by atoms with Gasteiger partial charge in [-0.25, -0.2) is 23.1 Å². The number of amides is 1. The van der Waals surface area contributed by atoms with Crippen molar-refractivity contribution in [1.82, 2.24) is 19.9 Å². The van der Waals surface area contributed by atoms with E-state index in [2.05, 4.69) is 25.2 Å². The van der Waals surface area contributed by atoms with Crippen LogP contribution in [0.2, 0.25) is 0 Å². The van der Waals surface area contributed by atoms with Gasteiger partial charge in [0, 0.05) is 60.5 Å². The minimum Gasteiger partial charge on any atom is -0.353 e.